The van der Waals surface area contributed by atoms with Gasteiger partial charge in [0.2, 0.25) is 0 Å². The van der Waals surface area contributed by atoms with Gasteiger partial charge in [-0.3, -0.25) is 4.79 Å². The highest BCUT2D eigenvalue weighted by atomic mass is 32.2. The van der Waals surface area contributed by atoms with E-state index in [-0.39, 0.29) is 17.3 Å². The molecular formula is C16H28N4O2S. The van der Waals surface area contributed by atoms with Crippen molar-refractivity contribution >= 4 is 17.7 Å². The largest absolute Gasteiger partial charge is 0.468 e. The number of thioether (sulfide) groups is 1. The van der Waals surface area contributed by atoms with Gasteiger partial charge in [0, 0.05) is 6.04 Å². The van der Waals surface area contributed by atoms with Gasteiger partial charge < -0.3 is 15.0 Å². The Morgan fingerprint density at radius 1 is 1.35 bits per heavy atom. The molecular weight excluding hydrogens is 312 g/mol. The van der Waals surface area contributed by atoms with E-state index in [0.29, 0.717) is 12.0 Å². The molecule has 0 aliphatic heterocycles. The molecule has 130 valence electrons. The molecule has 1 fully saturated rings. The number of methoxy groups -OCH3 is 1. The van der Waals surface area contributed by atoms with Crippen molar-refractivity contribution in [3.05, 3.63) is 5.82 Å². The Kier molecular flexibility index (Phi) is 6.47. The van der Waals surface area contributed by atoms with Gasteiger partial charge in [0.15, 0.2) is 11.0 Å². The van der Waals surface area contributed by atoms with Crippen molar-refractivity contribution in [2.45, 2.75) is 75.4 Å². The van der Waals surface area contributed by atoms with Crippen molar-refractivity contribution in [2.75, 3.05) is 7.11 Å². The summed E-state index contributed by atoms with van der Waals surface area (Å²) >= 11 is 1.41. The molecule has 2 N–H and O–H groups in total. The molecule has 0 aromatic carbocycles. The minimum absolute atomic E-state index is 0.120. The molecule has 1 aromatic heterocycles. The fourth-order valence-corrected chi connectivity index (χ4v) is 4.07. The van der Waals surface area contributed by atoms with E-state index < -0.39 is 0 Å². The third-order valence-corrected chi connectivity index (χ3v) is 5.29. The van der Waals surface area contributed by atoms with E-state index in [1.165, 1.54) is 31.7 Å². The van der Waals surface area contributed by atoms with Crippen LogP contribution in [0.5, 0.6) is 0 Å². The molecule has 2 atom stereocenters. The third-order valence-electron chi connectivity index (χ3n) is 4.25. The number of carbonyl (C=O) groups excluding carboxylic acids is 1. The SMILES string of the molecule is COC(=O)C(C)Sc1nnc([C@@H](N)CC(C)C)n1C1CCCC1. The van der Waals surface area contributed by atoms with Gasteiger partial charge in [-0.25, -0.2) is 0 Å². The molecule has 1 aromatic rings. The van der Waals surface area contributed by atoms with Crippen molar-refractivity contribution in [1.29, 1.82) is 0 Å². The van der Waals surface area contributed by atoms with E-state index in [0.717, 1.165) is 30.2 Å². The monoisotopic (exact) mass is 340 g/mol. The second-order valence-electron chi connectivity index (χ2n) is 6.67. The van der Waals surface area contributed by atoms with Gasteiger partial charge in [-0.2, -0.15) is 0 Å². The number of nitrogens with zero attached hydrogens (tertiary/aromatic N) is 3. The summed E-state index contributed by atoms with van der Waals surface area (Å²) in [5.74, 6) is 1.11. The van der Waals surface area contributed by atoms with Crippen LogP contribution in [0.25, 0.3) is 0 Å². The van der Waals surface area contributed by atoms with Gasteiger partial charge in [0.05, 0.1) is 13.2 Å². The first-order valence-corrected chi connectivity index (χ1v) is 9.26. The molecule has 7 heteroatoms. The van der Waals surface area contributed by atoms with Gasteiger partial charge >= 0.3 is 5.97 Å². The zero-order valence-corrected chi connectivity index (χ0v) is 15.3. The van der Waals surface area contributed by atoms with Crippen molar-refractivity contribution in [3.8, 4) is 0 Å². The first-order chi connectivity index (χ1) is 10.9. The lowest BCUT2D eigenvalue weighted by Gasteiger charge is -2.21. The number of carbonyl (C=O) groups is 1. The number of nitrogens with two attached hydrogens (primary N) is 1. The van der Waals surface area contributed by atoms with Crippen LogP contribution < -0.4 is 5.73 Å². The molecule has 0 radical (unpaired) electrons. The number of esters is 1. The Bertz CT molecular complexity index is 526. The summed E-state index contributed by atoms with van der Waals surface area (Å²) in [5, 5.41) is 9.18. The van der Waals surface area contributed by atoms with Crippen LogP contribution in [0.15, 0.2) is 5.16 Å². The van der Waals surface area contributed by atoms with E-state index >= 15 is 0 Å². The number of rotatable bonds is 7. The zero-order chi connectivity index (χ0) is 17.0. The van der Waals surface area contributed by atoms with Gasteiger partial charge in [0.25, 0.3) is 0 Å². The van der Waals surface area contributed by atoms with Gasteiger partial charge in [0.1, 0.15) is 5.25 Å². The summed E-state index contributed by atoms with van der Waals surface area (Å²) in [4.78, 5) is 11.7. The summed E-state index contributed by atoms with van der Waals surface area (Å²) < 4.78 is 7.00. The fourth-order valence-electron chi connectivity index (χ4n) is 3.11. The van der Waals surface area contributed by atoms with Gasteiger partial charge in [-0.1, -0.05) is 38.5 Å². The summed E-state index contributed by atoms with van der Waals surface area (Å²) in [5.41, 5.74) is 6.37. The summed E-state index contributed by atoms with van der Waals surface area (Å²) in [6, 6.07) is 0.274. The van der Waals surface area contributed by atoms with E-state index in [1.807, 2.05) is 6.92 Å². The number of ether oxygens (including phenoxy) is 1. The Morgan fingerprint density at radius 2 is 2.00 bits per heavy atom. The van der Waals surface area contributed by atoms with E-state index in [4.69, 9.17) is 10.5 Å². The van der Waals surface area contributed by atoms with Crippen molar-refractivity contribution < 1.29 is 9.53 Å². The molecule has 2 rings (SSSR count). The summed E-state index contributed by atoms with van der Waals surface area (Å²) in [6.45, 7) is 6.15. The van der Waals surface area contributed by atoms with E-state index in [1.54, 1.807) is 0 Å². The summed E-state index contributed by atoms with van der Waals surface area (Å²) in [7, 11) is 1.41. The number of hydrogen-bond donors (Lipinski definition) is 1. The van der Waals surface area contributed by atoms with E-state index in [9.17, 15) is 4.79 Å². The average molecular weight is 340 g/mol. The standard InChI is InChI=1S/C16H28N4O2S/c1-10(2)9-13(17)14-18-19-16(23-11(3)15(21)22-4)20(14)12-7-5-6-8-12/h10-13H,5-9,17H2,1-4H3/t11?,13-/m0/s1. The van der Waals surface area contributed by atoms with Crippen LogP contribution in [0.3, 0.4) is 0 Å². The fraction of sp³-hybridized carbons (Fsp3) is 0.812. The normalized spacial score (nSPS) is 18.3. The number of hydrogen-bond acceptors (Lipinski definition) is 6. The molecule has 1 aliphatic rings. The molecule has 0 spiro atoms. The van der Waals surface area contributed by atoms with Crippen molar-refractivity contribution in [3.63, 3.8) is 0 Å². The Balaban J connectivity index is 2.27. The van der Waals surface area contributed by atoms with Crippen molar-refractivity contribution in [2.24, 2.45) is 11.7 Å². The van der Waals surface area contributed by atoms with E-state index in [2.05, 4.69) is 28.6 Å². The Morgan fingerprint density at radius 3 is 2.57 bits per heavy atom. The van der Waals surface area contributed by atoms with Crippen LogP contribution >= 0.6 is 11.8 Å². The second-order valence-corrected chi connectivity index (χ2v) is 7.98. The molecule has 1 aliphatic carbocycles. The highest BCUT2D eigenvalue weighted by Crippen LogP contribution is 2.36. The van der Waals surface area contributed by atoms with Crippen molar-refractivity contribution in [1.82, 2.24) is 14.8 Å². The van der Waals surface area contributed by atoms with Crippen LogP contribution in [0.4, 0.5) is 0 Å². The highest BCUT2D eigenvalue weighted by Gasteiger charge is 2.29. The molecule has 6 nitrogen and oxygen atoms in total. The second kappa shape index (κ2) is 8.15. The quantitative estimate of drug-likeness (QED) is 0.606. The minimum atomic E-state index is -0.307. The molecule has 1 unspecified atom stereocenters. The van der Waals surface area contributed by atoms with Crippen LogP contribution in [0.2, 0.25) is 0 Å². The highest BCUT2D eigenvalue weighted by molar-refractivity contribution is 8.00. The smallest absolute Gasteiger partial charge is 0.318 e. The molecule has 0 saturated heterocycles. The maximum atomic E-state index is 11.7. The lowest BCUT2D eigenvalue weighted by molar-refractivity contribution is -0.139. The molecule has 23 heavy (non-hydrogen) atoms. The third kappa shape index (κ3) is 4.47. The first kappa shape index (κ1) is 18.3. The predicted octanol–water partition coefficient (Wildman–Crippen LogP) is 3.09. The molecule has 0 amide bonds. The first-order valence-electron chi connectivity index (χ1n) is 8.38. The van der Waals surface area contributed by atoms with Crippen LogP contribution in [0.1, 0.15) is 70.8 Å². The van der Waals surface area contributed by atoms with Gasteiger partial charge in [-0.15, -0.1) is 10.2 Å². The maximum absolute atomic E-state index is 11.7. The Hall–Kier alpha value is -1.08. The van der Waals surface area contributed by atoms with Crippen LogP contribution in [0, 0.1) is 5.92 Å². The minimum Gasteiger partial charge on any atom is -0.468 e. The zero-order valence-electron chi connectivity index (χ0n) is 14.5. The van der Waals surface area contributed by atoms with Crippen LogP contribution in [-0.2, 0) is 9.53 Å². The predicted molar refractivity (Wildman–Crippen MR) is 91.2 cm³/mol. The molecule has 1 saturated carbocycles. The topological polar surface area (TPSA) is 83.0 Å². The maximum Gasteiger partial charge on any atom is 0.318 e. The summed E-state index contributed by atoms with van der Waals surface area (Å²) in [6.07, 6.45) is 5.57. The van der Waals surface area contributed by atoms with Gasteiger partial charge in [-0.05, 0) is 32.1 Å². The molecule has 1 heterocycles. The Labute approximate surface area is 142 Å². The molecule has 0 bridgehead atoms. The lowest BCUT2D eigenvalue weighted by Crippen LogP contribution is -2.22. The lowest BCUT2D eigenvalue weighted by atomic mass is 10.0. The van der Waals surface area contributed by atoms with Crippen LogP contribution in [-0.4, -0.2) is 33.1 Å². The average Bonchev–Trinajstić information content (AvgIpc) is 3.14. The number of aromatic nitrogens is 3.